The number of rotatable bonds is 3. The van der Waals surface area contributed by atoms with Crippen molar-refractivity contribution in [2.24, 2.45) is 0 Å². The highest BCUT2D eigenvalue weighted by molar-refractivity contribution is 5.88. The lowest BCUT2D eigenvalue weighted by Gasteiger charge is -2.22. The van der Waals surface area contributed by atoms with Gasteiger partial charge in [-0.1, -0.05) is 19.3 Å². The van der Waals surface area contributed by atoms with Crippen LogP contribution < -0.4 is 9.47 Å². The van der Waals surface area contributed by atoms with Gasteiger partial charge in [-0.15, -0.1) is 0 Å². The van der Waals surface area contributed by atoms with Gasteiger partial charge in [-0.3, -0.25) is 4.98 Å². The molecule has 1 aromatic heterocycles. The molecule has 3 rings (SSSR count). The van der Waals surface area contributed by atoms with Crippen molar-refractivity contribution < 1.29 is 9.47 Å². The van der Waals surface area contributed by atoms with E-state index in [9.17, 15) is 0 Å². The molecule has 0 unspecified atom stereocenters. The molecule has 1 fully saturated rings. The number of aromatic nitrogens is 1. The first-order chi connectivity index (χ1) is 9.83. The van der Waals surface area contributed by atoms with E-state index in [0.717, 1.165) is 11.5 Å². The highest BCUT2D eigenvalue weighted by Crippen LogP contribution is 2.38. The molecule has 0 bridgehead atoms. The Kier molecular flexibility index (Phi) is 3.77. The third kappa shape index (κ3) is 2.33. The van der Waals surface area contributed by atoms with Crippen molar-refractivity contribution in [1.29, 1.82) is 0 Å². The second-order valence-corrected chi connectivity index (χ2v) is 5.46. The van der Waals surface area contributed by atoms with Crippen LogP contribution in [0.3, 0.4) is 0 Å². The number of pyridine rings is 1. The van der Waals surface area contributed by atoms with Crippen LogP contribution in [-0.2, 0) is 0 Å². The smallest absolute Gasteiger partial charge is 0.161 e. The standard InChI is InChI=1S/C17H21NO2/c1-19-15-10-13-8-9-18-17(12-6-4-3-5-7-12)14(13)11-16(15)20-2/h8-12H,3-7H2,1-2H3. The number of fused-ring (bicyclic) bond motifs is 1. The van der Waals surface area contributed by atoms with E-state index >= 15 is 0 Å². The Morgan fingerprint density at radius 1 is 1.00 bits per heavy atom. The van der Waals surface area contributed by atoms with Gasteiger partial charge in [0.2, 0.25) is 0 Å². The average molecular weight is 271 g/mol. The van der Waals surface area contributed by atoms with Gasteiger partial charge < -0.3 is 9.47 Å². The Balaban J connectivity index is 2.12. The summed E-state index contributed by atoms with van der Waals surface area (Å²) in [5.41, 5.74) is 1.23. The van der Waals surface area contributed by atoms with Crippen molar-refractivity contribution in [1.82, 2.24) is 4.98 Å². The summed E-state index contributed by atoms with van der Waals surface area (Å²) in [6.07, 6.45) is 8.41. The fraction of sp³-hybridized carbons (Fsp3) is 0.471. The number of benzene rings is 1. The van der Waals surface area contributed by atoms with Crippen molar-refractivity contribution in [3.8, 4) is 11.5 Å². The first-order valence-electron chi connectivity index (χ1n) is 7.34. The molecule has 0 saturated heterocycles. The number of nitrogens with zero attached hydrogens (tertiary/aromatic N) is 1. The van der Waals surface area contributed by atoms with E-state index in [0.29, 0.717) is 5.92 Å². The minimum atomic E-state index is 0.588. The van der Waals surface area contributed by atoms with Crippen LogP contribution in [0.5, 0.6) is 11.5 Å². The molecule has 106 valence electrons. The summed E-state index contributed by atoms with van der Waals surface area (Å²) in [6, 6.07) is 6.16. The van der Waals surface area contributed by atoms with Gasteiger partial charge in [-0.2, -0.15) is 0 Å². The van der Waals surface area contributed by atoms with Crippen LogP contribution in [0.25, 0.3) is 10.8 Å². The zero-order valence-corrected chi connectivity index (χ0v) is 12.2. The largest absolute Gasteiger partial charge is 0.493 e. The van der Waals surface area contributed by atoms with Gasteiger partial charge in [0, 0.05) is 17.5 Å². The van der Waals surface area contributed by atoms with Crippen molar-refractivity contribution in [3.63, 3.8) is 0 Å². The second kappa shape index (κ2) is 5.70. The Morgan fingerprint density at radius 2 is 1.70 bits per heavy atom. The summed E-state index contributed by atoms with van der Waals surface area (Å²) in [4.78, 5) is 4.67. The highest BCUT2D eigenvalue weighted by atomic mass is 16.5. The first kappa shape index (κ1) is 13.2. The highest BCUT2D eigenvalue weighted by Gasteiger charge is 2.20. The molecule has 0 spiro atoms. The number of hydrogen-bond donors (Lipinski definition) is 0. The van der Waals surface area contributed by atoms with Gasteiger partial charge in [0.05, 0.1) is 19.9 Å². The molecule has 1 heterocycles. The summed E-state index contributed by atoms with van der Waals surface area (Å²) in [6.45, 7) is 0. The summed E-state index contributed by atoms with van der Waals surface area (Å²) in [5, 5.41) is 2.38. The zero-order valence-electron chi connectivity index (χ0n) is 12.2. The van der Waals surface area contributed by atoms with Crippen LogP contribution >= 0.6 is 0 Å². The summed E-state index contributed by atoms with van der Waals surface area (Å²) in [5.74, 6) is 2.15. The van der Waals surface area contributed by atoms with Crippen molar-refractivity contribution >= 4 is 10.8 Å². The van der Waals surface area contributed by atoms with Crippen LogP contribution in [0.1, 0.15) is 43.7 Å². The van der Waals surface area contributed by atoms with Gasteiger partial charge >= 0.3 is 0 Å². The third-order valence-corrected chi connectivity index (χ3v) is 4.29. The molecule has 0 N–H and O–H groups in total. The van der Waals surface area contributed by atoms with E-state index in [1.54, 1.807) is 14.2 Å². The normalized spacial score (nSPS) is 16.3. The molecule has 1 aliphatic rings. The molecule has 0 amide bonds. The SMILES string of the molecule is COc1cc2ccnc(C3CCCCC3)c2cc1OC. The topological polar surface area (TPSA) is 31.4 Å². The van der Waals surface area contributed by atoms with Gasteiger partial charge in [0.15, 0.2) is 11.5 Å². The van der Waals surface area contributed by atoms with Crippen molar-refractivity contribution in [3.05, 3.63) is 30.1 Å². The molecule has 20 heavy (non-hydrogen) atoms. The predicted octanol–water partition coefficient (Wildman–Crippen LogP) is 4.30. The fourth-order valence-corrected chi connectivity index (χ4v) is 3.22. The lowest BCUT2D eigenvalue weighted by atomic mass is 9.85. The maximum Gasteiger partial charge on any atom is 0.161 e. The summed E-state index contributed by atoms with van der Waals surface area (Å²) >= 11 is 0. The molecule has 0 atom stereocenters. The van der Waals surface area contributed by atoms with E-state index in [4.69, 9.17) is 9.47 Å². The van der Waals surface area contributed by atoms with E-state index in [1.165, 1.54) is 48.6 Å². The molecule has 3 heteroatoms. The van der Waals surface area contributed by atoms with E-state index in [1.807, 2.05) is 18.3 Å². The van der Waals surface area contributed by atoms with Gasteiger partial charge in [0.25, 0.3) is 0 Å². The minimum Gasteiger partial charge on any atom is -0.493 e. The minimum absolute atomic E-state index is 0.588. The average Bonchev–Trinajstić information content (AvgIpc) is 2.53. The van der Waals surface area contributed by atoms with Gasteiger partial charge in [-0.25, -0.2) is 0 Å². The Bertz CT molecular complexity index is 603. The molecule has 3 nitrogen and oxygen atoms in total. The van der Waals surface area contributed by atoms with Crippen LogP contribution in [0.2, 0.25) is 0 Å². The predicted molar refractivity (Wildman–Crippen MR) is 80.7 cm³/mol. The molecular formula is C17H21NO2. The fourth-order valence-electron chi connectivity index (χ4n) is 3.22. The zero-order chi connectivity index (χ0) is 13.9. The molecule has 1 saturated carbocycles. The third-order valence-electron chi connectivity index (χ3n) is 4.29. The molecule has 1 aliphatic carbocycles. The lowest BCUT2D eigenvalue weighted by molar-refractivity contribution is 0.355. The van der Waals surface area contributed by atoms with Gasteiger partial charge in [0.1, 0.15) is 0 Å². The molecule has 2 aromatic rings. The Labute approximate surface area is 119 Å². The van der Waals surface area contributed by atoms with Crippen LogP contribution in [-0.4, -0.2) is 19.2 Å². The van der Waals surface area contributed by atoms with E-state index < -0.39 is 0 Å². The maximum absolute atomic E-state index is 5.43. The van der Waals surface area contributed by atoms with Crippen LogP contribution in [0.15, 0.2) is 24.4 Å². The Morgan fingerprint density at radius 3 is 2.40 bits per heavy atom. The number of ether oxygens (including phenoxy) is 2. The summed E-state index contributed by atoms with van der Waals surface area (Å²) in [7, 11) is 3.35. The monoisotopic (exact) mass is 271 g/mol. The molecule has 1 aromatic carbocycles. The van der Waals surface area contributed by atoms with Crippen LogP contribution in [0.4, 0.5) is 0 Å². The van der Waals surface area contributed by atoms with E-state index in [-0.39, 0.29) is 0 Å². The molecule has 0 radical (unpaired) electrons. The lowest BCUT2D eigenvalue weighted by Crippen LogP contribution is -2.07. The quantitative estimate of drug-likeness (QED) is 0.834. The van der Waals surface area contributed by atoms with Crippen LogP contribution in [0, 0.1) is 0 Å². The number of hydrogen-bond acceptors (Lipinski definition) is 3. The maximum atomic E-state index is 5.43. The van der Waals surface area contributed by atoms with Gasteiger partial charge in [-0.05, 0) is 36.4 Å². The molecule has 0 aliphatic heterocycles. The van der Waals surface area contributed by atoms with Crippen molar-refractivity contribution in [2.75, 3.05) is 14.2 Å². The van der Waals surface area contributed by atoms with E-state index in [2.05, 4.69) is 11.1 Å². The summed E-state index contributed by atoms with van der Waals surface area (Å²) < 4.78 is 10.8. The second-order valence-electron chi connectivity index (χ2n) is 5.46. The first-order valence-corrected chi connectivity index (χ1v) is 7.34. The Hall–Kier alpha value is -1.77. The number of methoxy groups -OCH3 is 2. The molecular weight excluding hydrogens is 250 g/mol. The van der Waals surface area contributed by atoms with Crippen molar-refractivity contribution in [2.45, 2.75) is 38.0 Å².